The zero-order valence-electron chi connectivity index (χ0n) is 32.6. The lowest BCUT2D eigenvalue weighted by molar-refractivity contribution is 0.660. The minimum Gasteiger partial charge on any atom is -0.452 e. The number of rotatable bonds is 5. The smallest absolute Gasteiger partial charge is 0.180 e. The van der Waals surface area contributed by atoms with Crippen molar-refractivity contribution in [1.82, 2.24) is 14.5 Å². The summed E-state index contributed by atoms with van der Waals surface area (Å²) in [5, 5.41) is 3.44. The van der Waals surface area contributed by atoms with Crippen molar-refractivity contribution in [3.8, 4) is 61.7 Å². The van der Waals surface area contributed by atoms with Crippen molar-refractivity contribution in [1.29, 1.82) is 0 Å². The van der Waals surface area contributed by atoms with Crippen LogP contribution in [0, 0.1) is 0 Å². The summed E-state index contributed by atoms with van der Waals surface area (Å²) in [5.74, 6) is 0.693. The molecule has 0 saturated carbocycles. The van der Waals surface area contributed by atoms with Crippen LogP contribution in [-0.4, -0.2) is 14.5 Å². The molecule has 0 unspecified atom stereocenters. The van der Waals surface area contributed by atoms with Crippen molar-refractivity contribution < 1.29 is 4.42 Å². The molecule has 4 nitrogen and oxygen atoms in total. The van der Waals surface area contributed by atoms with Gasteiger partial charge in [0.25, 0.3) is 0 Å². The molecule has 0 radical (unpaired) electrons. The molecule has 0 N–H and O–H groups in total. The first-order valence-corrected chi connectivity index (χ1v) is 20.2. The van der Waals surface area contributed by atoms with Crippen LogP contribution < -0.4 is 0 Å². The molecule has 3 aromatic heterocycles. The number of para-hydroxylation sites is 2. The SMILES string of the molecule is CC1(C)c2ccc(-c3ccc4c(c3)c3cc(-c5ccccc5)ccc3n4-c3ccccc3)cc2-c2c(-c3nc(-c4ccccc4)c4oc5ccccc5c4n3)cccc21. The van der Waals surface area contributed by atoms with E-state index < -0.39 is 0 Å². The van der Waals surface area contributed by atoms with Gasteiger partial charge in [0.2, 0.25) is 0 Å². The molecule has 0 amide bonds. The Morgan fingerprint density at radius 1 is 0.458 bits per heavy atom. The fraction of sp³-hybridized carbons (Fsp3) is 0.0545. The van der Waals surface area contributed by atoms with Crippen molar-refractivity contribution in [2.45, 2.75) is 19.3 Å². The highest BCUT2D eigenvalue weighted by Gasteiger charge is 2.38. The first-order valence-electron chi connectivity index (χ1n) is 20.2. The summed E-state index contributed by atoms with van der Waals surface area (Å²) in [7, 11) is 0. The van der Waals surface area contributed by atoms with E-state index in [1.807, 2.05) is 36.4 Å². The van der Waals surface area contributed by atoms with Gasteiger partial charge >= 0.3 is 0 Å². The predicted octanol–water partition coefficient (Wildman–Crippen LogP) is 14.4. The lowest BCUT2D eigenvalue weighted by Gasteiger charge is -2.21. The first kappa shape index (κ1) is 33.6. The zero-order valence-corrected chi connectivity index (χ0v) is 32.6. The summed E-state index contributed by atoms with van der Waals surface area (Å²) < 4.78 is 8.85. The van der Waals surface area contributed by atoms with E-state index >= 15 is 0 Å². The van der Waals surface area contributed by atoms with Crippen molar-refractivity contribution in [2.75, 3.05) is 0 Å². The predicted molar refractivity (Wildman–Crippen MR) is 243 cm³/mol. The van der Waals surface area contributed by atoms with E-state index in [9.17, 15) is 0 Å². The summed E-state index contributed by atoms with van der Waals surface area (Å²) in [6, 6.07) is 67.2. The van der Waals surface area contributed by atoms with Gasteiger partial charge in [-0.15, -0.1) is 0 Å². The van der Waals surface area contributed by atoms with Crippen LogP contribution in [0.3, 0.4) is 0 Å². The van der Waals surface area contributed by atoms with Crippen LogP contribution in [0.4, 0.5) is 0 Å². The number of benzene rings is 8. The van der Waals surface area contributed by atoms with Crippen LogP contribution in [0.5, 0.6) is 0 Å². The van der Waals surface area contributed by atoms with E-state index in [2.05, 4.69) is 170 Å². The Bertz CT molecular complexity index is 3450. The van der Waals surface area contributed by atoms with Gasteiger partial charge in [-0.3, -0.25) is 0 Å². The molecule has 11 aromatic rings. The minimum atomic E-state index is -0.213. The van der Waals surface area contributed by atoms with E-state index in [1.165, 1.54) is 66.3 Å². The van der Waals surface area contributed by atoms with Gasteiger partial charge in [-0.05, 0) is 99.1 Å². The Hall–Kier alpha value is -7.56. The molecule has 4 heteroatoms. The van der Waals surface area contributed by atoms with Crippen molar-refractivity contribution in [3.63, 3.8) is 0 Å². The molecule has 0 fully saturated rings. The van der Waals surface area contributed by atoms with Gasteiger partial charge in [-0.25, -0.2) is 9.97 Å². The van der Waals surface area contributed by atoms with Crippen LogP contribution in [0.1, 0.15) is 25.0 Å². The van der Waals surface area contributed by atoms with E-state index in [4.69, 9.17) is 14.4 Å². The summed E-state index contributed by atoms with van der Waals surface area (Å²) in [4.78, 5) is 10.6. The maximum atomic E-state index is 6.46. The molecule has 0 spiro atoms. The van der Waals surface area contributed by atoms with Gasteiger partial charge < -0.3 is 8.98 Å². The molecular weight excluding hydrogens is 719 g/mol. The lowest BCUT2D eigenvalue weighted by Crippen LogP contribution is -2.14. The van der Waals surface area contributed by atoms with E-state index in [0.29, 0.717) is 11.4 Å². The Labute approximate surface area is 341 Å². The monoisotopic (exact) mass is 755 g/mol. The highest BCUT2D eigenvalue weighted by molar-refractivity contribution is 6.12. The summed E-state index contributed by atoms with van der Waals surface area (Å²) in [6.07, 6.45) is 0. The van der Waals surface area contributed by atoms with Crippen LogP contribution in [0.25, 0.3) is 106 Å². The van der Waals surface area contributed by atoms with Gasteiger partial charge in [0, 0.05) is 38.4 Å². The number of nitrogens with zero attached hydrogens (tertiary/aromatic N) is 3. The average molecular weight is 756 g/mol. The number of hydrogen-bond acceptors (Lipinski definition) is 3. The van der Waals surface area contributed by atoms with Gasteiger partial charge in [-0.2, -0.15) is 0 Å². The third-order valence-corrected chi connectivity index (χ3v) is 12.4. The van der Waals surface area contributed by atoms with Crippen LogP contribution >= 0.6 is 0 Å². The highest BCUT2D eigenvalue weighted by atomic mass is 16.3. The summed E-state index contributed by atoms with van der Waals surface area (Å²) in [6.45, 7) is 4.66. The molecule has 59 heavy (non-hydrogen) atoms. The van der Waals surface area contributed by atoms with Gasteiger partial charge in [0.15, 0.2) is 11.4 Å². The van der Waals surface area contributed by atoms with E-state index in [1.54, 1.807) is 0 Å². The van der Waals surface area contributed by atoms with E-state index in [0.717, 1.165) is 39.0 Å². The normalized spacial score (nSPS) is 13.1. The highest BCUT2D eigenvalue weighted by Crippen LogP contribution is 2.53. The number of hydrogen-bond donors (Lipinski definition) is 0. The Morgan fingerprint density at radius 3 is 1.80 bits per heavy atom. The molecule has 1 aliphatic carbocycles. The Kier molecular flexibility index (Phi) is 7.24. The summed E-state index contributed by atoms with van der Waals surface area (Å²) in [5.41, 5.74) is 18.2. The molecule has 0 bridgehead atoms. The molecule has 278 valence electrons. The molecular formula is C55H37N3O. The average Bonchev–Trinajstić information content (AvgIpc) is 3.91. The van der Waals surface area contributed by atoms with E-state index in [-0.39, 0.29) is 5.41 Å². The standard InChI is InChI=1S/C55H37N3O/c1-55(2)45-28-25-37(38-27-30-48-43(32-38)42-31-36(34-15-6-3-7-16-34)26-29-47(42)58(48)39-19-10-5-11-20-39)33-44(45)50-41(22-14-23-46(50)55)54-56-51(35-17-8-4-9-18-35)53-52(57-54)40-21-12-13-24-49(40)59-53/h3-33H,1-2H3. The molecule has 12 rings (SSSR count). The largest absolute Gasteiger partial charge is 0.452 e. The molecule has 1 aliphatic rings. The number of fused-ring (bicyclic) bond motifs is 9. The Morgan fingerprint density at radius 2 is 1.07 bits per heavy atom. The summed E-state index contributed by atoms with van der Waals surface area (Å²) >= 11 is 0. The fourth-order valence-corrected chi connectivity index (χ4v) is 9.54. The van der Waals surface area contributed by atoms with Gasteiger partial charge in [-0.1, -0.05) is 147 Å². The number of aromatic nitrogens is 3. The molecule has 0 atom stereocenters. The van der Waals surface area contributed by atoms with Gasteiger partial charge in [0.1, 0.15) is 16.8 Å². The first-order chi connectivity index (χ1) is 29.0. The second-order valence-electron chi connectivity index (χ2n) is 16.2. The van der Waals surface area contributed by atoms with Gasteiger partial charge in [0.05, 0.1) is 11.0 Å². The van der Waals surface area contributed by atoms with Crippen molar-refractivity contribution in [2.24, 2.45) is 0 Å². The Balaban J connectivity index is 1.06. The second kappa shape index (κ2) is 12.7. The van der Waals surface area contributed by atoms with Crippen LogP contribution in [0.15, 0.2) is 192 Å². The third-order valence-electron chi connectivity index (χ3n) is 12.4. The zero-order chi connectivity index (χ0) is 39.2. The molecule has 0 aliphatic heterocycles. The second-order valence-corrected chi connectivity index (χ2v) is 16.2. The topological polar surface area (TPSA) is 43.9 Å². The van der Waals surface area contributed by atoms with Crippen molar-refractivity contribution in [3.05, 3.63) is 199 Å². The van der Waals surface area contributed by atoms with Crippen molar-refractivity contribution >= 4 is 43.9 Å². The molecule has 3 heterocycles. The third kappa shape index (κ3) is 5.09. The number of furan rings is 1. The maximum Gasteiger partial charge on any atom is 0.180 e. The lowest BCUT2D eigenvalue weighted by atomic mass is 9.82. The maximum absolute atomic E-state index is 6.46. The molecule has 8 aromatic carbocycles. The van der Waals surface area contributed by atoms with Crippen LogP contribution in [-0.2, 0) is 5.41 Å². The molecule has 0 saturated heterocycles. The van der Waals surface area contributed by atoms with Crippen LogP contribution in [0.2, 0.25) is 0 Å². The minimum absolute atomic E-state index is 0.213. The fourth-order valence-electron chi connectivity index (χ4n) is 9.54. The quantitative estimate of drug-likeness (QED) is 0.176.